The molecule has 0 spiro atoms. The molecule has 0 bridgehead atoms. The first-order valence-corrected chi connectivity index (χ1v) is 5.52. The zero-order valence-corrected chi connectivity index (χ0v) is 10.2. The van der Waals surface area contributed by atoms with Gasteiger partial charge in [-0.05, 0) is 20.3 Å². The highest BCUT2D eigenvalue weighted by Gasteiger charge is 2.22. The van der Waals surface area contributed by atoms with Gasteiger partial charge in [-0.1, -0.05) is 13.3 Å². The monoisotopic (exact) mass is 239 g/mol. The second-order valence-electron chi connectivity index (χ2n) is 3.96. The van der Waals surface area contributed by atoms with Gasteiger partial charge in [-0.3, -0.25) is 9.89 Å². The first-order valence-electron chi connectivity index (χ1n) is 5.52. The molecule has 1 aromatic rings. The summed E-state index contributed by atoms with van der Waals surface area (Å²) in [4.78, 5) is 22.8. The van der Waals surface area contributed by atoms with E-state index in [-0.39, 0.29) is 0 Å². The highest BCUT2D eigenvalue weighted by atomic mass is 16.4. The Morgan fingerprint density at radius 1 is 1.47 bits per heavy atom. The average Bonchev–Trinajstić information content (AvgIpc) is 2.57. The van der Waals surface area contributed by atoms with Crippen LogP contribution in [0.1, 0.15) is 41.5 Å². The van der Waals surface area contributed by atoms with E-state index in [1.807, 2.05) is 6.92 Å². The molecule has 17 heavy (non-hydrogen) atoms. The molecule has 1 amide bonds. The average molecular weight is 239 g/mol. The number of carboxylic acids is 1. The molecule has 0 aromatic carbocycles. The van der Waals surface area contributed by atoms with Crippen LogP contribution in [-0.4, -0.2) is 33.2 Å². The number of carbonyl (C=O) groups is 2. The third kappa shape index (κ3) is 3.05. The maximum atomic E-state index is 11.9. The molecule has 0 aliphatic heterocycles. The number of hydrogen-bond acceptors (Lipinski definition) is 3. The van der Waals surface area contributed by atoms with Crippen LogP contribution in [-0.2, 0) is 4.79 Å². The van der Waals surface area contributed by atoms with E-state index in [0.717, 1.165) is 0 Å². The van der Waals surface area contributed by atoms with Gasteiger partial charge in [-0.2, -0.15) is 5.10 Å². The summed E-state index contributed by atoms with van der Waals surface area (Å²) in [5.41, 5.74) is 1.63. The Balaban J connectivity index is 2.81. The van der Waals surface area contributed by atoms with E-state index in [1.165, 1.54) is 0 Å². The summed E-state index contributed by atoms with van der Waals surface area (Å²) in [6.07, 6.45) is 1.11. The lowest BCUT2D eigenvalue weighted by atomic mass is 10.1. The van der Waals surface area contributed by atoms with Crippen molar-refractivity contribution in [3.8, 4) is 0 Å². The van der Waals surface area contributed by atoms with Crippen molar-refractivity contribution < 1.29 is 14.7 Å². The molecule has 6 nitrogen and oxygen atoms in total. The summed E-state index contributed by atoms with van der Waals surface area (Å²) in [5.74, 6) is -1.41. The number of nitrogens with zero attached hydrogens (tertiary/aromatic N) is 1. The molecular weight excluding hydrogens is 222 g/mol. The molecule has 0 saturated heterocycles. The van der Waals surface area contributed by atoms with Gasteiger partial charge < -0.3 is 10.4 Å². The molecule has 3 N–H and O–H groups in total. The summed E-state index contributed by atoms with van der Waals surface area (Å²) >= 11 is 0. The SMILES string of the molecule is CCCC(NC(=O)c1c(C)n[nH]c1C)C(=O)O. The predicted octanol–water partition coefficient (Wildman–Crippen LogP) is 1.01. The van der Waals surface area contributed by atoms with E-state index in [4.69, 9.17) is 5.11 Å². The van der Waals surface area contributed by atoms with Crippen LogP contribution in [0.4, 0.5) is 0 Å². The van der Waals surface area contributed by atoms with Gasteiger partial charge >= 0.3 is 5.97 Å². The van der Waals surface area contributed by atoms with Gasteiger partial charge in [0, 0.05) is 5.69 Å². The quantitative estimate of drug-likeness (QED) is 0.714. The van der Waals surface area contributed by atoms with Crippen LogP contribution < -0.4 is 5.32 Å². The number of rotatable bonds is 5. The van der Waals surface area contributed by atoms with Gasteiger partial charge in [-0.25, -0.2) is 4.79 Å². The van der Waals surface area contributed by atoms with E-state index >= 15 is 0 Å². The van der Waals surface area contributed by atoms with Crippen molar-refractivity contribution in [2.45, 2.75) is 39.7 Å². The number of aromatic nitrogens is 2. The van der Waals surface area contributed by atoms with Crippen molar-refractivity contribution in [1.29, 1.82) is 0 Å². The number of carbonyl (C=O) groups excluding carboxylic acids is 1. The van der Waals surface area contributed by atoms with Crippen LogP contribution >= 0.6 is 0 Å². The minimum absolute atomic E-state index is 0.394. The van der Waals surface area contributed by atoms with Gasteiger partial charge in [0.05, 0.1) is 11.3 Å². The molecule has 6 heteroatoms. The van der Waals surface area contributed by atoms with Gasteiger partial charge in [0.1, 0.15) is 6.04 Å². The molecule has 1 heterocycles. The van der Waals surface area contributed by atoms with Crippen LogP contribution in [0.15, 0.2) is 0 Å². The number of nitrogens with one attached hydrogen (secondary N) is 2. The lowest BCUT2D eigenvalue weighted by molar-refractivity contribution is -0.139. The molecule has 0 aliphatic carbocycles. The second-order valence-corrected chi connectivity index (χ2v) is 3.96. The molecule has 1 rings (SSSR count). The Kier molecular flexibility index (Phi) is 4.25. The van der Waals surface area contributed by atoms with E-state index in [2.05, 4.69) is 15.5 Å². The maximum Gasteiger partial charge on any atom is 0.326 e. The third-order valence-electron chi connectivity index (χ3n) is 2.54. The molecular formula is C11H17N3O3. The van der Waals surface area contributed by atoms with Crippen LogP contribution in [0, 0.1) is 13.8 Å². The Morgan fingerprint density at radius 3 is 2.53 bits per heavy atom. The molecule has 0 saturated carbocycles. The summed E-state index contributed by atoms with van der Waals surface area (Å²) in [5, 5.41) is 18.1. The van der Waals surface area contributed by atoms with Crippen molar-refractivity contribution in [2.75, 3.05) is 0 Å². The predicted molar refractivity (Wildman–Crippen MR) is 61.9 cm³/mol. The Labute approximate surface area is 99.4 Å². The number of aromatic amines is 1. The molecule has 1 aromatic heterocycles. The van der Waals surface area contributed by atoms with Crippen LogP contribution in [0.25, 0.3) is 0 Å². The second kappa shape index (κ2) is 5.47. The smallest absolute Gasteiger partial charge is 0.326 e. The fourth-order valence-corrected chi connectivity index (χ4v) is 1.66. The first-order chi connectivity index (χ1) is 7.97. The van der Waals surface area contributed by atoms with Gasteiger partial charge in [0.2, 0.25) is 0 Å². The number of aryl methyl sites for hydroxylation is 2. The first kappa shape index (κ1) is 13.2. The fourth-order valence-electron chi connectivity index (χ4n) is 1.66. The minimum atomic E-state index is -1.01. The van der Waals surface area contributed by atoms with Gasteiger partial charge in [0.25, 0.3) is 5.91 Å². The molecule has 1 atom stereocenters. The maximum absolute atomic E-state index is 11.9. The normalized spacial score (nSPS) is 12.2. The standard InChI is InChI=1S/C11H17N3O3/c1-4-5-8(11(16)17)12-10(15)9-6(2)13-14-7(9)3/h8H,4-5H2,1-3H3,(H,12,15)(H,13,14)(H,16,17). The van der Waals surface area contributed by atoms with E-state index in [9.17, 15) is 9.59 Å². The number of amides is 1. The summed E-state index contributed by atoms with van der Waals surface area (Å²) in [6, 6.07) is -0.846. The van der Waals surface area contributed by atoms with Crippen molar-refractivity contribution in [1.82, 2.24) is 15.5 Å². The van der Waals surface area contributed by atoms with E-state index < -0.39 is 17.9 Å². The number of hydrogen-bond donors (Lipinski definition) is 3. The van der Waals surface area contributed by atoms with Crippen molar-refractivity contribution >= 4 is 11.9 Å². The van der Waals surface area contributed by atoms with Gasteiger partial charge in [0.15, 0.2) is 0 Å². The lowest BCUT2D eigenvalue weighted by Gasteiger charge is -2.13. The highest BCUT2D eigenvalue weighted by molar-refractivity contribution is 5.98. The van der Waals surface area contributed by atoms with E-state index in [0.29, 0.717) is 29.8 Å². The zero-order valence-electron chi connectivity index (χ0n) is 10.2. The Bertz CT molecular complexity index is 406. The van der Waals surface area contributed by atoms with Crippen molar-refractivity contribution in [2.24, 2.45) is 0 Å². The third-order valence-corrected chi connectivity index (χ3v) is 2.54. The summed E-state index contributed by atoms with van der Waals surface area (Å²) in [6.45, 7) is 5.30. The largest absolute Gasteiger partial charge is 0.480 e. The lowest BCUT2D eigenvalue weighted by Crippen LogP contribution is -2.41. The van der Waals surface area contributed by atoms with Crippen LogP contribution in [0.2, 0.25) is 0 Å². The van der Waals surface area contributed by atoms with Crippen molar-refractivity contribution in [3.05, 3.63) is 17.0 Å². The fraction of sp³-hybridized carbons (Fsp3) is 0.545. The van der Waals surface area contributed by atoms with Crippen molar-refractivity contribution in [3.63, 3.8) is 0 Å². The van der Waals surface area contributed by atoms with Crippen LogP contribution in [0.3, 0.4) is 0 Å². The highest BCUT2D eigenvalue weighted by Crippen LogP contribution is 2.10. The Morgan fingerprint density at radius 2 is 2.12 bits per heavy atom. The van der Waals surface area contributed by atoms with Crippen LogP contribution in [0.5, 0.6) is 0 Å². The topological polar surface area (TPSA) is 95.1 Å². The summed E-state index contributed by atoms with van der Waals surface area (Å²) < 4.78 is 0. The Hall–Kier alpha value is -1.85. The van der Waals surface area contributed by atoms with Gasteiger partial charge in [-0.15, -0.1) is 0 Å². The number of carboxylic acid groups (broad SMARTS) is 1. The number of aliphatic carboxylic acids is 1. The summed E-state index contributed by atoms with van der Waals surface area (Å²) in [7, 11) is 0. The molecule has 1 unspecified atom stereocenters. The minimum Gasteiger partial charge on any atom is -0.480 e. The molecule has 0 aliphatic rings. The molecule has 94 valence electrons. The van der Waals surface area contributed by atoms with E-state index in [1.54, 1.807) is 13.8 Å². The molecule has 0 radical (unpaired) electrons. The number of H-pyrrole nitrogens is 1. The molecule has 0 fully saturated rings. The zero-order chi connectivity index (χ0) is 13.0.